The second-order valence-electron chi connectivity index (χ2n) is 18.0. The highest BCUT2D eigenvalue weighted by Gasteiger charge is 2.39. The van der Waals surface area contributed by atoms with E-state index in [0.717, 1.165) is 75.9 Å². The average molecular weight is 1100 g/mol. The molecule has 402 valence electrons. The van der Waals surface area contributed by atoms with Gasteiger partial charge in [0.2, 0.25) is 6.33 Å². The first-order valence-electron chi connectivity index (χ1n) is 25.1. The van der Waals surface area contributed by atoms with Gasteiger partial charge in [-0.2, -0.15) is 36.9 Å². The number of hydrogen-bond acceptors (Lipinski definition) is 12. The number of nitriles is 2. The van der Waals surface area contributed by atoms with Crippen LogP contribution in [0.2, 0.25) is 0 Å². The molecule has 0 radical (unpaired) electrons. The number of unbranched alkanes of at least 4 members (excludes halogenated alkanes) is 4. The minimum atomic E-state index is -4.60. The number of alkyl halides is 6. The summed E-state index contributed by atoms with van der Waals surface area (Å²) in [5.41, 5.74) is 2.01. The molecule has 0 aliphatic carbocycles. The van der Waals surface area contributed by atoms with Crippen molar-refractivity contribution in [3.05, 3.63) is 172 Å². The minimum absolute atomic E-state index is 0.0817. The third kappa shape index (κ3) is 14.4. The number of aryl methyl sites for hydroxylation is 2. The van der Waals surface area contributed by atoms with Crippen LogP contribution in [0.4, 0.5) is 37.7 Å². The maximum Gasteiger partial charge on any atom is 0.416 e. The van der Waals surface area contributed by atoms with Crippen LogP contribution in [0, 0.1) is 22.7 Å². The summed E-state index contributed by atoms with van der Waals surface area (Å²) in [6.07, 6.45) is 1.87. The minimum Gasteiger partial charge on any atom is -0.463 e. The Morgan fingerprint density at radius 2 is 1.08 bits per heavy atom. The van der Waals surface area contributed by atoms with Crippen LogP contribution in [0.25, 0.3) is 0 Å². The Bertz CT molecular complexity index is 2910. The molecular weight excluding hydrogens is 1040 g/mol. The van der Waals surface area contributed by atoms with E-state index in [-0.39, 0.29) is 35.7 Å². The van der Waals surface area contributed by atoms with Gasteiger partial charge >= 0.3 is 24.3 Å². The highest BCUT2D eigenvalue weighted by Crippen LogP contribution is 2.43. The number of carbonyl (C=O) groups is 2. The van der Waals surface area contributed by atoms with E-state index in [4.69, 9.17) is 19.5 Å². The molecule has 0 fully saturated rings. The molecule has 2 atom stereocenters. The van der Waals surface area contributed by atoms with Gasteiger partial charge < -0.3 is 9.47 Å². The van der Waals surface area contributed by atoms with Crippen molar-refractivity contribution in [3.8, 4) is 12.1 Å². The normalized spacial score (nSPS) is 15.9. The summed E-state index contributed by atoms with van der Waals surface area (Å²) in [5, 5.41) is 19.7. The van der Waals surface area contributed by atoms with E-state index in [1.54, 1.807) is 98.2 Å². The number of imidazole rings is 1. The second-order valence-corrected chi connectivity index (χ2v) is 20.1. The van der Waals surface area contributed by atoms with Crippen molar-refractivity contribution < 1.29 is 50.0 Å². The lowest BCUT2D eigenvalue weighted by Crippen LogP contribution is -2.35. The first kappa shape index (κ1) is 57.4. The van der Waals surface area contributed by atoms with E-state index in [0.29, 0.717) is 55.5 Å². The van der Waals surface area contributed by atoms with Gasteiger partial charge in [-0.25, -0.2) is 28.7 Å². The third-order valence-corrected chi connectivity index (χ3v) is 14.8. The van der Waals surface area contributed by atoms with Crippen molar-refractivity contribution in [3.63, 3.8) is 0 Å². The van der Waals surface area contributed by atoms with Crippen LogP contribution in [0.15, 0.2) is 148 Å². The van der Waals surface area contributed by atoms with Crippen molar-refractivity contribution in [2.75, 3.05) is 34.5 Å². The van der Waals surface area contributed by atoms with Crippen molar-refractivity contribution >= 4 is 57.2 Å². The monoisotopic (exact) mass is 1100 g/mol. The SMILES string of the molecule is CCOC(=O)C1=C(C)N(c2cccc(C(F)(F)F)c2)C(SCCCCCn2cc[n+](CCCCCSC3=NC(c4ccc(C#N)cc4)C(C(=O)OCC)=C(C)N3c3cccc(C(F)(F)F)c3)c2)=NC1c1ccc(C#N)cc1. The highest BCUT2D eigenvalue weighted by molar-refractivity contribution is 8.14. The molecule has 2 aliphatic heterocycles. The quantitative estimate of drug-likeness (QED) is 0.0320. The number of hydrogen-bond donors (Lipinski definition) is 0. The molecule has 0 saturated carbocycles. The maximum atomic E-state index is 14.0. The number of aromatic nitrogens is 2. The van der Waals surface area contributed by atoms with E-state index in [1.807, 2.05) is 12.4 Å². The molecular formula is C57H57F6N8O4S2+. The number of rotatable bonds is 20. The van der Waals surface area contributed by atoms with Crippen molar-refractivity contribution in [1.29, 1.82) is 10.5 Å². The number of allylic oxidation sites excluding steroid dienone is 2. The zero-order valence-corrected chi connectivity index (χ0v) is 44.5. The first-order chi connectivity index (χ1) is 36.9. The largest absolute Gasteiger partial charge is 0.463 e. The van der Waals surface area contributed by atoms with Gasteiger partial charge in [-0.3, -0.25) is 9.80 Å². The van der Waals surface area contributed by atoms with E-state index in [1.165, 1.54) is 35.7 Å². The fraction of sp³-hybridized carbons (Fsp3) is 0.351. The Morgan fingerprint density at radius 1 is 0.636 bits per heavy atom. The lowest BCUT2D eigenvalue weighted by atomic mass is 9.95. The van der Waals surface area contributed by atoms with Crippen LogP contribution < -0.4 is 14.4 Å². The van der Waals surface area contributed by atoms with E-state index in [2.05, 4.69) is 27.6 Å². The molecule has 1 aromatic heterocycles. The molecule has 20 heteroatoms. The number of benzene rings is 4. The summed E-state index contributed by atoms with van der Waals surface area (Å²) in [5.74, 6) is -0.0789. The van der Waals surface area contributed by atoms with E-state index in [9.17, 15) is 46.5 Å². The Hall–Kier alpha value is -7.29. The molecule has 2 unspecified atom stereocenters. The fourth-order valence-electron chi connectivity index (χ4n) is 8.92. The Morgan fingerprint density at radius 3 is 1.49 bits per heavy atom. The van der Waals surface area contributed by atoms with Crippen LogP contribution in [0.1, 0.15) is 112 Å². The molecule has 0 spiro atoms. The summed E-state index contributed by atoms with van der Waals surface area (Å²) in [4.78, 5) is 40.2. The maximum absolute atomic E-state index is 14.0. The van der Waals surface area contributed by atoms with Crippen LogP contribution in [0.5, 0.6) is 0 Å². The predicted octanol–water partition coefficient (Wildman–Crippen LogP) is 13.3. The van der Waals surface area contributed by atoms with Crippen LogP contribution >= 0.6 is 23.5 Å². The lowest BCUT2D eigenvalue weighted by molar-refractivity contribution is -0.696. The molecule has 0 saturated heterocycles. The average Bonchev–Trinajstić information content (AvgIpc) is 3.92. The molecule has 0 bridgehead atoms. The van der Waals surface area contributed by atoms with Crippen LogP contribution in [-0.2, 0) is 44.5 Å². The van der Waals surface area contributed by atoms with E-state index < -0.39 is 47.5 Å². The smallest absolute Gasteiger partial charge is 0.416 e. The standard InChI is InChI=1S/C57H57F6N8O4S2/c1-5-74-52(72)48-38(3)70(46-17-13-15-44(33-46)56(58,59)60)54(66-50(48)42-23-19-40(35-64)20-24-42)76-31-11-7-9-27-68-29-30-69(37-68)28-10-8-12-32-77-55-67-51(43-25-21-41(36-65)22-26-43)49(53(73)75-6-2)39(4)71(55)47-18-14-16-45(34-47)57(61,62)63/h13-26,29-30,33-34,37,50-51H,5-12,27-28,31-32H2,1-4H3/q+1. The Balaban J connectivity index is 0.949. The summed E-state index contributed by atoms with van der Waals surface area (Å²) in [7, 11) is 0. The first-order valence-corrected chi connectivity index (χ1v) is 27.1. The van der Waals surface area contributed by atoms with Crippen LogP contribution in [-0.4, -0.2) is 51.6 Å². The van der Waals surface area contributed by atoms with Crippen LogP contribution in [0.3, 0.4) is 0 Å². The van der Waals surface area contributed by atoms with Gasteiger partial charge in [0.1, 0.15) is 24.5 Å². The number of halogens is 6. The zero-order valence-electron chi connectivity index (χ0n) is 42.9. The summed E-state index contributed by atoms with van der Waals surface area (Å²) >= 11 is 2.79. The lowest BCUT2D eigenvalue weighted by Gasteiger charge is -2.35. The number of aliphatic imine (C=N–C) groups is 2. The topological polar surface area (TPSA) is 140 Å². The van der Waals surface area contributed by atoms with Crippen molar-refractivity contribution in [2.24, 2.45) is 9.98 Å². The van der Waals surface area contributed by atoms with Gasteiger partial charge in [0.15, 0.2) is 10.3 Å². The summed E-state index contributed by atoms with van der Waals surface area (Å²) in [6.45, 7) is 8.38. The van der Waals surface area contributed by atoms with Gasteiger partial charge in [0, 0.05) is 34.3 Å². The van der Waals surface area contributed by atoms with Gasteiger partial charge in [-0.15, -0.1) is 0 Å². The molecule has 2 aliphatic rings. The Kier molecular flexibility index (Phi) is 19.5. The highest BCUT2D eigenvalue weighted by atomic mass is 32.2. The number of nitrogens with zero attached hydrogens (tertiary/aromatic N) is 8. The van der Waals surface area contributed by atoms with Gasteiger partial charge in [-0.05, 0) is 138 Å². The second kappa shape index (κ2) is 26.2. The number of ether oxygens (including phenoxy) is 2. The number of esters is 2. The fourth-order valence-corrected chi connectivity index (χ4v) is 11.1. The molecule has 0 amide bonds. The number of amidine groups is 2. The number of carbonyl (C=O) groups excluding carboxylic acids is 2. The summed E-state index contributed by atoms with van der Waals surface area (Å²) in [6, 6.07) is 25.8. The molecule has 7 rings (SSSR count). The molecule has 3 heterocycles. The molecule has 4 aromatic carbocycles. The molecule has 77 heavy (non-hydrogen) atoms. The molecule has 12 nitrogen and oxygen atoms in total. The predicted molar refractivity (Wildman–Crippen MR) is 286 cm³/mol. The number of thioether (sulfide) groups is 2. The Labute approximate surface area is 452 Å². The van der Waals surface area contributed by atoms with E-state index >= 15 is 0 Å². The summed E-state index contributed by atoms with van der Waals surface area (Å²) < 4.78 is 98.9. The molecule has 5 aromatic rings. The van der Waals surface area contributed by atoms with Crippen molar-refractivity contribution in [2.45, 2.75) is 104 Å². The third-order valence-electron chi connectivity index (χ3n) is 12.8. The van der Waals surface area contributed by atoms with Gasteiger partial charge in [-0.1, -0.05) is 59.9 Å². The number of anilines is 2. The van der Waals surface area contributed by atoms with Crippen molar-refractivity contribution in [1.82, 2.24) is 4.57 Å². The van der Waals surface area contributed by atoms with Gasteiger partial charge in [0.05, 0.1) is 71.8 Å². The molecule has 0 N–H and O–H groups in total. The van der Waals surface area contributed by atoms with Gasteiger partial charge in [0.25, 0.3) is 0 Å². The zero-order chi connectivity index (χ0) is 55.3.